The van der Waals surface area contributed by atoms with Gasteiger partial charge >= 0.3 is 6.18 Å². The van der Waals surface area contributed by atoms with E-state index in [1.165, 1.54) is 4.68 Å². The summed E-state index contributed by atoms with van der Waals surface area (Å²) in [7, 11) is 0. The van der Waals surface area contributed by atoms with Crippen LogP contribution in [-0.4, -0.2) is 40.4 Å². The van der Waals surface area contributed by atoms with Gasteiger partial charge in [-0.25, -0.2) is 9.67 Å². The molecular formula is C19H17F3N8. The van der Waals surface area contributed by atoms with Crippen LogP contribution in [0.15, 0.2) is 42.6 Å². The van der Waals surface area contributed by atoms with Crippen molar-refractivity contribution in [3.63, 3.8) is 0 Å². The van der Waals surface area contributed by atoms with Crippen molar-refractivity contribution in [1.82, 2.24) is 40.4 Å². The van der Waals surface area contributed by atoms with E-state index < -0.39 is 12.0 Å². The number of benzene rings is 1. The van der Waals surface area contributed by atoms with Crippen LogP contribution in [-0.2, 0) is 19.1 Å². The predicted molar refractivity (Wildman–Crippen MR) is 101 cm³/mol. The Kier molecular flexibility index (Phi) is 5.25. The van der Waals surface area contributed by atoms with Crippen LogP contribution < -0.4 is 0 Å². The van der Waals surface area contributed by atoms with Gasteiger partial charge in [0, 0.05) is 30.3 Å². The third-order valence-electron chi connectivity index (χ3n) is 4.41. The zero-order chi connectivity index (χ0) is 21.1. The second-order valence-electron chi connectivity index (χ2n) is 6.58. The first kappa shape index (κ1) is 19.7. The second kappa shape index (κ2) is 8.01. The van der Waals surface area contributed by atoms with E-state index in [0.717, 1.165) is 16.7 Å². The lowest BCUT2D eigenvalue weighted by Gasteiger charge is -2.08. The largest absolute Gasteiger partial charge is 0.453 e. The minimum atomic E-state index is -4.57. The zero-order valence-corrected chi connectivity index (χ0v) is 15.9. The lowest BCUT2D eigenvalue weighted by Crippen LogP contribution is -2.09. The fourth-order valence-electron chi connectivity index (χ4n) is 3.06. The topological polar surface area (TPSA) is 98.1 Å². The average molecular weight is 414 g/mol. The Labute approximate surface area is 169 Å². The third kappa shape index (κ3) is 4.04. The summed E-state index contributed by atoms with van der Waals surface area (Å²) in [5, 5.41) is 17.6. The smallest absolute Gasteiger partial charge is 0.256 e. The van der Waals surface area contributed by atoms with Crippen molar-refractivity contribution in [2.45, 2.75) is 32.5 Å². The van der Waals surface area contributed by atoms with Gasteiger partial charge in [0.05, 0.1) is 5.69 Å². The monoisotopic (exact) mass is 414 g/mol. The molecule has 0 saturated heterocycles. The first-order chi connectivity index (χ1) is 14.5. The maximum absolute atomic E-state index is 13.0. The van der Waals surface area contributed by atoms with Crippen molar-refractivity contribution in [3.05, 3.63) is 59.8 Å². The van der Waals surface area contributed by atoms with Gasteiger partial charge in [0.25, 0.3) is 5.82 Å². The Bertz CT molecular complexity index is 1120. The number of tetrazole rings is 1. The van der Waals surface area contributed by atoms with Crippen LogP contribution in [0.5, 0.6) is 0 Å². The Morgan fingerprint density at radius 1 is 1.07 bits per heavy atom. The maximum Gasteiger partial charge on any atom is 0.453 e. The fraction of sp³-hybridized carbons (Fsp3) is 0.263. The molecule has 0 radical (unpaired) electrons. The van der Waals surface area contributed by atoms with E-state index >= 15 is 0 Å². The Balaban J connectivity index is 1.61. The summed E-state index contributed by atoms with van der Waals surface area (Å²) >= 11 is 0. The molecule has 0 amide bonds. The standard InChI is InChI=1S/C19H17F3N8/c1-2-9-30-16(24-18(27-30)19(20,21)22)10-12-7-8-15(23-11-12)13-5-3-4-6-14(13)17-25-28-29-26-17/h3-8,11H,2,9-10H2,1H3,(H,25,26,28,29). The number of nitrogens with zero attached hydrogens (tertiary/aromatic N) is 7. The van der Waals surface area contributed by atoms with E-state index in [-0.39, 0.29) is 12.2 Å². The molecule has 0 unspecified atom stereocenters. The summed E-state index contributed by atoms with van der Waals surface area (Å²) in [5.74, 6) is -0.417. The Morgan fingerprint density at radius 3 is 2.50 bits per heavy atom. The van der Waals surface area contributed by atoms with E-state index in [1.807, 2.05) is 37.3 Å². The number of aromatic nitrogens is 8. The SMILES string of the molecule is CCCn1nc(C(F)(F)F)nc1Cc1ccc(-c2ccccc2-c2nn[nH]n2)nc1. The summed E-state index contributed by atoms with van der Waals surface area (Å²) in [5.41, 5.74) is 3.00. The van der Waals surface area contributed by atoms with Gasteiger partial charge in [-0.05, 0) is 23.3 Å². The van der Waals surface area contributed by atoms with E-state index in [2.05, 4.69) is 35.7 Å². The highest BCUT2D eigenvalue weighted by molar-refractivity contribution is 5.78. The first-order valence-corrected chi connectivity index (χ1v) is 9.24. The van der Waals surface area contributed by atoms with Crippen molar-refractivity contribution in [3.8, 4) is 22.6 Å². The van der Waals surface area contributed by atoms with Crippen LogP contribution in [0.3, 0.4) is 0 Å². The number of nitrogens with one attached hydrogen (secondary N) is 1. The van der Waals surface area contributed by atoms with Crippen LogP contribution in [0, 0.1) is 0 Å². The molecule has 3 heterocycles. The summed E-state index contributed by atoms with van der Waals surface area (Å²) in [6.07, 6.45) is -2.10. The number of hydrogen-bond acceptors (Lipinski definition) is 6. The first-order valence-electron chi connectivity index (χ1n) is 9.24. The third-order valence-corrected chi connectivity index (χ3v) is 4.41. The van der Waals surface area contributed by atoms with Gasteiger partial charge in [0.2, 0.25) is 5.82 Å². The number of H-pyrrole nitrogens is 1. The van der Waals surface area contributed by atoms with Crippen LogP contribution in [0.1, 0.15) is 30.6 Å². The van der Waals surface area contributed by atoms with Crippen LogP contribution >= 0.6 is 0 Å². The van der Waals surface area contributed by atoms with Gasteiger partial charge < -0.3 is 0 Å². The van der Waals surface area contributed by atoms with E-state index in [0.29, 0.717) is 24.5 Å². The molecule has 4 aromatic rings. The molecule has 1 aromatic carbocycles. The molecule has 0 spiro atoms. The minimum absolute atomic E-state index is 0.197. The van der Waals surface area contributed by atoms with E-state index in [4.69, 9.17) is 0 Å². The molecule has 1 N–H and O–H groups in total. The molecule has 0 saturated carbocycles. The van der Waals surface area contributed by atoms with Crippen LogP contribution in [0.25, 0.3) is 22.6 Å². The van der Waals surface area contributed by atoms with Crippen molar-refractivity contribution in [2.75, 3.05) is 0 Å². The van der Waals surface area contributed by atoms with Crippen LogP contribution in [0.2, 0.25) is 0 Å². The van der Waals surface area contributed by atoms with Gasteiger partial charge in [-0.15, -0.1) is 15.3 Å². The molecular weight excluding hydrogens is 397 g/mol. The van der Waals surface area contributed by atoms with Crippen molar-refractivity contribution in [1.29, 1.82) is 0 Å². The van der Waals surface area contributed by atoms with Crippen LogP contribution in [0.4, 0.5) is 13.2 Å². The highest BCUT2D eigenvalue weighted by Gasteiger charge is 2.37. The number of aromatic amines is 1. The van der Waals surface area contributed by atoms with E-state index in [9.17, 15) is 13.2 Å². The molecule has 154 valence electrons. The summed E-state index contributed by atoms with van der Waals surface area (Å²) < 4.78 is 40.3. The molecule has 0 aliphatic heterocycles. The molecule has 0 fully saturated rings. The lowest BCUT2D eigenvalue weighted by molar-refractivity contribution is -0.145. The summed E-state index contributed by atoms with van der Waals surface area (Å²) in [4.78, 5) is 8.18. The van der Waals surface area contributed by atoms with Gasteiger partial charge in [-0.1, -0.05) is 37.3 Å². The highest BCUT2D eigenvalue weighted by atomic mass is 19.4. The van der Waals surface area contributed by atoms with Gasteiger partial charge in [-0.2, -0.15) is 18.4 Å². The molecule has 8 nitrogen and oxygen atoms in total. The molecule has 0 aliphatic rings. The molecule has 0 aliphatic carbocycles. The lowest BCUT2D eigenvalue weighted by atomic mass is 10.0. The van der Waals surface area contributed by atoms with Crippen molar-refractivity contribution >= 4 is 0 Å². The van der Waals surface area contributed by atoms with Gasteiger partial charge in [0.1, 0.15) is 5.82 Å². The molecule has 0 bridgehead atoms. The molecule has 11 heteroatoms. The van der Waals surface area contributed by atoms with Gasteiger partial charge in [0.15, 0.2) is 0 Å². The van der Waals surface area contributed by atoms with Crippen molar-refractivity contribution < 1.29 is 13.2 Å². The molecule has 0 atom stereocenters. The second-order valence-corrected chi connectivity index (χ2v) is 6.58. The summed E-state index contributed by atoms with van der Waals surface area (Å²) in [6.45, 7) is 2.23. The number of halogens is 3. The Hall–Kier alpha value is -3.63. The summed E-state index contributed by atoms with van der Waals surface area (Å²) in [6, 6.07) is 11.1. The van der Waals surface area contributed by atoms with E-state index in [1.54, 1.807) is 12.3 Å². The van der Waals surface area contributed by atoms with Gasteiger partial charge in [-0.3, -0.25) is 4.98 Å². The van der Waals surface area contributed by atoms with Crippen molar-refractivity contribution in [2.24, 2.45) is 0 Å². The number of alkyl halides is 3. The highest BCUT2D eigenvalue weighted by Crippen LogP contribution is 2.29. The predicted octanol–water partition coefficient (Wildman–Crippen LogP) is 3.54. The molecule has 30 heavy (non-hydrogen) atoms. The normalized spacial score (nSPS) is 11.7. The zero-order valence-electron chi connectivity index (χ0n) is 15.9. The Morgan fingerprint density at radius 2 is 1.87 bits per heavy atom. The number of pyridine rings is 1. The number of rotatable bonds is 6. The molecule has 4 rings (SSSR count). The number of aryl methyl sites for hydroxylation is 1. The maximum atomic E-state index is 13.0. The number of hydrogen-bond donors (Lipinski definition) is 1. The molecule has 3 aromatic heterocycles. The minimum Gasteiger partial charge on any atom is -0.256 e. The fourth-order valence-corrected chi connectivity index (χ4v) is 3.06. The quantitative estimate of drug-likeness (QED) is 0.518. The average Bonchev–Trinajstić information content (AvgIpc) is 3.39.